The number of anilines is 3. The number of hydrogen-bond donors (Lipinski definition) is 1. The molecule has 0 amide bonds. The quantitative estimate of drug-likeness (QED) is 0.814. The third-order valence-corrected chi connectivity index (χ3v) is 3.05. The first kappa shape index (κ1) is 12.4. The van der Waals surface area contributed by atoms with E-state index in [4.69, 9.17) is 5.73 Å². The van der Waals surface area contributed by atoms with Crippen LogP contribution in [0.2, 0.25) is 0 Å². The van der Waals surface area contributed by atoms with Crippen molar-refractivity contribution in [2.45, 2.75) is 13.8 Å². The number of nitrogens with two attached hydrogens (primary N) is 1. The molecule has 0 unspecified atom stereocenters. The van der Waals surface area contributed by atoms with Crippen molar-refractivity contribution in [3.8, 4) is 0 Å². The molecule has 0 atom stereocenters. The van der Waals surface area contributed by atoms with E-state index in [1.54, 1.807) is 12.1 Å². The minimum Gasteiger partial charge on any atom is -0.399 e. The normalized spacial score (nSPS) is 10.4. The fraction of sp³-hybridized carbons (Fsp3) is 0.200. The lowest BCUT2D eigenvalue weighted by molar-refractivity contribution is 0.628. The molecule has 0 aliphatic heterocycles. The lowest BCUT2D eigenvalue weighted by Crippen LogP contribution is -2.12. The van der Waals surface area contributed by atoms with E-state index in [9.17, 15) is 4.39 Å². The van der Waals surface area contributed by atoms with Crippen molar-refractivity contribution in [1.82, 2.24) is 0 Å². The average Bonchev–Trinajstić information content (AvgIpc) is 2.28. The highest BCUT2D eigenvalue weighted by molar-refractivity contribution is 5.67. The monoisotopic (exact) mass is 244 g/mol. The summed E-state index contributed by atoms with van der Waals surface area (Å²) < 4.78 is 13.9. The highest BCUT2D eigenvalue weighted by atomic mass is 19.1. The Labute approximate surface area is 107 Å². The van der Waals surface area contributed by atoms with Gasteiger partial charge in [-0.1, -0.05) is 17.7 Å². The molecule has 0 fully saturated rings. The third kappa shape index (κ3) is 2.30. The van der Waals surface area contributed by atoms with E-state index < -0.39 is 0 Å². The summed E-state index contributed by atoms with van der Waals surface area (Å²) in [6, 6.07) is 10.9. The van der Waals surface area contributed by atoms with Crippen LogP contribution in [-0.4, -0.2) is 7.05 Å². The fourth-order valence-corrected chi connectivity index (χ4v) is 2.11. The smallest absolute Gasteiger partial charge is 0.148 e. The van der Waals surface area contributed by atoms with Crippen molar-refractivity contribution >= 4 is 17.1 Å². The van der Waals surface area contributed by atoms with Crippen LogP contribution in [0.15, 0.2) is 36.4 Å². The van der Waals surface area contributed by atoms with Gasteiger partial charge in [-0.15, -0.1) is 0 Å². The Morgan fingerprint density at radius 3 is 2.28 bits per heavy atom. The van der Waals surface area contributed by atoms with Crippen molar-refractivity contribution in [1.29, 1.82) is 0 Å². The molecule has 2 nitrogen and oxygen atoms in total. The van der Waals surface area contributed by atoms with Gasteiger partial charge in [0, 0.05) is 18.4 Å². The summed E-state index contributed by atoms with van der Waals surface area (Å²) in [6.07, 6.45) is 0. The first-order chi connectivity index (χ1) is 8.49. The van der Waals surface area contributed by atoms with Crippen LogP contribution in [0.1, 0.15) is 11.1 Å². The number of benzene rings is 2. The van der Waals surface area contributed by atoms with Gasteiger partial charge < -0.3 is 10.6 Å². The molecule has 94 valence electrons. The summed E-state index contributed by atoms with van der Waals surface area (Å²) in [5, 5.41) is 0. The molecule has 0 bridgehead atoms. The van der Waals surface area contributed by atoms with Gasteiger partial charge in [-0.2, -0.15) is 0 Å². The van der Waals surface area contributed by atoms with Gasteiger partial charge in [-0.3, -0.25) is 0 Å². The van der Waals surface area contributed by atoms with Crippen LogP contribution in [0.25, 0.3) is 0 Å². The van der Waals surface area contributed by atoms with Gasteiger partial charge in [-0.05, 0) is 43.7 Å². The zero-order valence-corrected chi connectivity index (χ0v) is 10.9. The molecular weight excluding hydrogens is 227 g/mol. The maximum Gasteiger partial charge on any atom is 0.148 e. The van der Waals surface area contributed by atoms with E-state index in [1.165, 1.54) is 11.6 Å². The second-order valence-electron chi connectivity index (χ2n) is 4.56. The molecule has 0 saturated heterocycles. The fourth-order valence-electron chi connectivity index (χ4n) is 2.11. The minimum atomic E-state index is -0.308. The number of halogens is 1. The Balaban J connectivity index is 2.44. The summed E-state index contributed by atoms with van der Waals surface area (Å²) in [5.41, 5.74) is 9.82. The van der Waals surface area contributed by atoms with Gasteiger partial charge in [0.2, 0.25) is 0 Å². The summed E-state index contributed by atoms with van der Waals surface area (Å²) >= 11 is 0. The van der Waals surface area contributed by atoms with Gasteiger partial charge in [0.25, 0.3) is 0 Å². The van der Waals surface area contributed by atoms with E-state index in [0.29, 0.717) is 11.4 Å². The highest BCUT2D eigenvalue weighted by Crippen LogP contribution is 2.30. The summed E-state index contributed by atoms with van der Waals surface area (Å²) in [7, 11) is 1.85. The molecular formula is C15H17FN2. The van der Waals surface area contributed by atoms with Gasteiger partial charge >= 0.3 is 0 Å². The molecule has 0 saturated carbocycles. The average molecular weight is 244 g/mol. The van der Waals surface area contributed by atoms with E-state index in [0.717, 1.165) is 11.3 Å². The minimum absolute atomic E-state index is 0.308. The molecule has 2 rings (SSSR count). The molecule has 0 aromatic heterocycles. The number of nitrogens with zero attached hydrogens (tertiary/aromatic N) is 1. The molecule has 2 N–H and O–H groups in total. The van der Waals surface area contributed by atoms with Gasteiger partial charge in [0.15, 0.2) is 0 Å². The lowest BCUT2D eigenvalue weighted by atomic mass is 10.1. The van der Waals surface area contributed by atoms with Crippen molar-refractivity contribution in [3.05, 3.63) is 53.3 Å². The van der Waals surface area contributed by atoms with E-state index in [2.05, 4.69) is 6.07 Å². The highest BCUT2D eigenvalue weighted by Gasteiger charge is 2.11. The van der Waals surface area contributed by atoms with E-state index >= 15 is 0 Å². The Kier molecular flexibility index (Phi) is 3.24. The lowest BCUT2D eigenvalue weighted by Gasteiger charge is -2.22. The van der Waals surface area contributed by atoms with Crippen LogP contribution >= 0.6 is 0 Å². The molecule has 0 heterocycles. The summed E-state index contributed by atoms with van der Waals surface area (Å²) in [6.45, 7) is 4.06. The van der Waals surface area contributed by atoms with Gasteiger partial charge in [0.1, 0.15) is 5.82 Å². The summed E-state index contributed by atoms with van der Waals surface area (Å²) in [4.78, 5) is 1.84. The maximum atomic E-state index is 13.9. The van der Waals surface area contributed by atoms with Crippen molar-refractivity contribution in [2.24, 2.45) is 0 Å². The zero-order chi connectivity index (χ0) is 13.3. The second kappa shape index (κ2) is 4.69. The number of aryl methyl sites for hydroxylation is 2. The largest absolute Gasteiger partial charge is 0.399 e. The first-order valence-electron chi connectivity index (χ1n) is 5.85. The molecule has 0 aliphatic carbocycles. The molecule has 0 radical (unpaired) electrons. The topological polar surface area (TPSA) is 29.3 Å². The molecule has 3 heteroatoms. The maximum absolute atomic E-state index is 13.9. The van der Waals surface area contributed by atoms with Crippen LogP contribution in [0, 0.1) is 19.7 Å². The first-order valence-corrected chi connectivity index (χ1v) is 5.85. The molecule has 18 heavy (non-hydrogen) atoms. The number of nitrogen functional groups attached to an aromatic ring is 1. The van der Waals surface area contributed by atoms with Crippen LogP contribution in [0.3, 0.4) is 0 Å². The van der Waals surface area contributed by atoms with Crippen LogP contribution in [0.5, 0.6) is 0 Å². The van der Waals surface area contributed by atoms with E-state index in [1.807, 2.05) is 37.9 Å². The van der Waals surface area contributed by atoms with Crippen molar-refractivity contribution in [2.75, 3.05) is 17.7 Å². The summed E-state index contributed by atoms with van der Waals surface area (Å²) in [5.74, 6) is -0.308. The zero-order valence-electron chi connectivity index (χ0n) is 10.9. The molecule has 2 aromatic carbocycles. The van der Waals surface area contributed by atoms with Crippen LogP contribution < -0.4 is 10.6 Å². The molecule has 2 aromatic rings. The van der Waals surface area contributed by atoms with Crippen molar-refractivity contribution < 1.29 is 4.39 Å². The SMILES string of the molecule is Cc1ccc(N(C)c2ccc(N)cc2F)c(C)c1. The predicted octanol–water partition coefficient (Wildman–Crippen LogP) is 3.79. The Hall–Kier alpha value is -2.03. The van der Waals surface area contributed by atoms with E-state index in [-0.39, 0.29) is 5.82 Å². The van der Waals surface area contributed by atoms with Crippen LogP contribution in [0.4, 0.5) is 21.5 Å². The van der Waals surface area contributed by atoms with Crippen molar-refractivity contribution in [3.63, 3.8) is 0 Å². The number of hydrogen-bond acceptors (Lipinski definition) is 2. The Bertz CT molecular complexity index is 527. The number of rotatable bonds is 2. The van der Waals surface area contributed by atoms with Gasteiger partial charge in [0.05, 0.1) is 5.69 Å². The standard InChI is InChI=1S/C15H17FN2/c1-10-4-6-14(11(2)8-10)18(3)15-7-5-12(17)9-13(15)16/h4-9H,17H2,1-3H3. The van der Waals surface area contributed by atoms with Crippen LogP contribution in [-0.2, 0) is 0 Å². The second-order valence-corrected chi connectivity index (χ2v) is 4.56. The Morgan fingerprint density at radius 1 is 1.00 bits per heavy atom. The predicted molar refractivity (Wildman–Crippen MR) is 74.8 cm³/mol. The molecule has 0 aliphatic rings. The van der Waals surface area contributed by atoms with Gasteiger partial charge in [-0.25, -0.2) is 4.39 Å². The Morgan fingerprint density at radius 2 is 1.67 bits per heavy atom. The third-order valence-electron chi connectivity index (χ3n) is 3.05. The molecule has 0 spiro atoms.